The van der Waals surface area contributed by atoms with Crippen LogP contribution >= 0.6 is 11.3 Å². The molecule has 8 heteroatoms. The zero-order chi connectivity index (χ0) is 24.1. The Morgan fingerprint density at radius 3 is 2.33 bits per heavy atom. The minimum absolute atomic E-state index is 0.0103. The van der Waals surface area contributed by atoms with Gasteiger partial charge in [0.1, 0.15) is 10.8 Å². The summed E-state index contributed by atoms with van der Waals surface area (Å²) in [7, 11) is 0. The van der Waals surface area contributed by atoms with Crippen molar-refractivity contribution in [3.05, 3.63) is 81.0 Å². The van der Waals surface area contributed by atoms with Crippen molar-refractivity contribution in [2.24, 2.45) is 0 Å². The van der Waals surface area contributed by atoms with E-state index in [9.17, 15) is 18.8 Å². The Hall–Kier alpha value is -3.52. The third kappa shape index (κ3) is 5.84. The molecule has 0 aliphatic carbocycles. The second kappa shape index (κ2) is 10.4. The Balaban J connectivity index is 1.88. The van der Waals surface area contributed by atoms with Crippen molar-refractivity contribution in [1.29, 1.82) is 0 Å². The molecule has 33 heavy (non-hydrogen) atoms. The van der Waals surface area contributed by atoms with E-state index in [-0.39, 0.29) is 29.5 Å². The predicted molar refractivity (Wildman–Crippen MR) is 128 cm³/mol. The molecule has 0 spiro atoms. The lowest BCUT2D eigenvalue weighted by molar-refractivity contribution is -0.115. The van der Waals surface area contributed by atoms with Crippen LogP contribution in [0.25, 0.3) is 0 Å². The summed E-state index contributed by atoms with van der Waals surface area (Å²) in [5.41, 5.74) is 3.85. The number of hydrogen-bond donors (Lipinski definition) is 2. The van der Waals surface area contributed by atoms with Gasteiger partial charge in [0, 0.05) is 5.69 Å². The number of carbonyl (C=O) groups is 3. The Labute approximate surface area is 195 Å². The van der Waals surface area contributed by atoms with Crippen molar-refractivity contribution < 1.29 is 23.5 Å². The Kier molecular flexibility index (Phi) is 7.60. The van der Waals surface area contributed by atoms with Crippen LogP contribution in [-0.2, 0) is 16.0 Å². The van der Waals surface area contributed by atoms with Gasteiger partial charge in [-0.25, -0.2) is 9.18 Å². The van der Waals surface area contributed by atoms with Crippen LogP contribution in [0.5, 0.6) is 0 Å². The Bertz CT molecular complexity index is 1200. The molecule has 2 amide bonds. The van der Waals surface area contributed by atoms with Crippen molar-refractivity contribution in [2.75, 3.05) is 17.2 Å². The van der Waals surface area contributed by atoms with Crippen molar-refractivity contribution in [2.45, 2.75) is 34.1 Å². The van der Waals surface area contributed by atoms with Crippen LogP contribution in [0.3, 0.4) is 0 Å². The Morgan fingerprint density at radius 1 is 1.00 bits per heavy atom. The first-order chi connectivity index (χ1) is 15.7. The van der Waals surface area contributed by atoms with Gasteiger partial charge >= 0.3 is 5.97 Å². The van der Waals surface area contributed by atoms with E-state index in [0.717, 1.165) is 22.5 Å². The van der Waals surface area contributed by atoms with Gasteiger partial charge in [0.05, 0.1) is 23.5 Å². The number of carbonyl (C=O) groups excluding carboxylic acids is 3. The molecular weight excluding hydrogens is 443 g/mol. The molecule has 0 fully saturated rings. The number of rotatable bonds is 7. The van der Waals surface area contributed by atoms with Gasteiger partial charge in [-0.3, -0.25) is 9.59 Å². The normalized spacial score (nSPS) is 10.6. The molecule has 1 heterocycles. The highest BCUT2D eigenvalue weighted by atomic mass is 32.1. The molecule has 3 aromatic rings. The van der Waals surface area contributed by atoms with Crippen LogP contribution in [0.2, 0.25) is 0 Å². The molecule has 0 saturated heterocycles. The van der Waals surface area contributed by atoms with Crippen LogP contribution in [0, 0.1) is 26.6 Å². The molecule has 6 nitrogen and oxygen atoms in total. The number of esters is 1. The van der Waals surface area contributed by atoms with E-state index in [1.165, 1.54) is 24.3 Å². The molecule has 172 valence electrons. The smallest absolute Gasteiger partial charge is 0.341 e. The minimum Gasteiger partial charge on any atom is -0.462 e. The van der Waals surface area contributed by atoms with Crippen LogP contribution in [0.15, 0.2) is 42.5 Å². The molecule has 0 bridgehead atoms. The monoisotopic (exact) mass is 468 g/mol. The molecule has 2 aromatic carbocycles. The molecule has 0 atom stereocenters. The van der Waals surface area contributed by atoms with E-state index in [0.29, 0.717) is 21.7 Å². The molecule has 0 radical (unpaired) electrons. The van der Waals surface area contributed by atoms with Gasteiger partial charge in [0.15, 0.2) is 0 Å². The summed E-state index contributed by atoms with van der Waals surface area (Å²) in [4.78, 5) is 38.5. The maximum absolute atomic E-state index is 13.1. The number of nitrogens with one attached hydrogen (secondary N) is 2. The molecule has 3 rings (SSSR count). The third-order valence-electron chi connectivity index (χ3n) is 4.99. The number of anilines is 2. The number of thiophene rings is 1. The second-order valence-corrected chi connectivity index (χ2v) is 8.63. The van der Waals surface area contributed by atoms with Crippen molar-refractivity contribution >= 4 is 39.8 Å². The molecule has 0 unspecified atom stereocenters. The average molecular weight is 469 g/mol. The number of ether oxygens (including phenoxy) is 1. The summed E-state index contributed by atoms with van der Waals surface area (Å²) < 4.78 is 18.3. The quantitative estimate of drug-likeness (QED) is 0.453. The summed E-state index contributed by atoms with van der Waals surface area (Å²) in [5.74, 6) is -1.78. The van der Waals surface area contributed by atoms with E-state index >= 15 is 0 Å². The standard InChI is InChI=1S/C25H25FN2O4S/c1-5-32-25(31)21-16(4)22(23(30)27-19-11-6-14(2)12-15(19)3)33-24(21)28-20(29)13-17-7-9-18(26)10-8-17/h6-12H,5,13H2,1-4H3,(H,27,30)(H,28,29). The van der Waals surface area contributed by atoms with Gasteiger partial charge in [-0.1, -0.05) is 29.8 Å². The van der Waals surface area contributed by atoms with E-state index < -0.39 is 17.7 Å². The molecule has 2 N–H and O–H groups in total. The number of hydrogen-bond acceptors (Lipinski definition) is 5. The van der Waals surface area contributed by atoms with Crippen molar-refractivity contribution in [1.82, 2.24) is 0 Å². The van der Waals surface area contributed by atoms with Crippen molar-refractivity contribution in [3.8, 4) is 0 Å². The molecule has 1 aromatic heterocycles. The first kappa shape index (κ1) is 24.1. The number of amides is 2. The SMILES string of the molecule is CCOC(=O)c1c(NC(=O)Cc2ccc(F)cc2)sc(C(=O)Nc2ccc(C)cc2C)c1C. The molecular formula is C25H25FN2O4S. The summed E-state index contributed by atoms with van der Waals surface area (Å²) in [6.45, 7) is 7.35. The Morgan fingerprint density at radius 2 is 1.70 bits per heavy atom. The number of aryl methyl sites for hydroxylation is 2. The van der Waals surface area contributed by atoms with E-state index in [2.05, 4.69) is 10.6 Å². The lowest BCUT2D eigenvalue weighted by atomic mass is 10.1. The zero-order valence-corrected chi connectivity index (χ0v) is 19.7. The van der Waals surface area contributed by atoms with Crippen LogP contribution in [-0.4, -0.2) is 24.4 Å². The van der Waals surface area contributed by atoms with Gasteiger partial charge in [-0.15, -0.1) is 11.3 Å². The highest BCUT2D eigenvalue weighted by molar-refractivity contribution is 7.19. The average Bonchev–Trinajstić information content (AvgIpc) is 3.07. The minimum atomic E-state index is -0.617. The van der Waals surface area contributed by atoms with E-state index in [1.807, 2.05) is 32.0 Å². The summed E-state index contributed by atoms with van der Waals surface area (Å²) in [6, 6.07) is 11.3. The highest BCUT2D eigenvalue weighted by Gasteiger charge is 2.27. The highest BCUT2D eigenvalue weighted by Crippen LogP contribution is 2.34. The molecule has 0 aliphatic heterocycles. The lowest BCUT2D eigenvalue weighted by Gasteiger charge is -2.09. The van der Waals surface area contributed by atoms with Gasteiger partial charge in [0.25, 0.3) is 5.91 Å². The first-order valence-corrected chi connectivity index (χ1v) is 11.2. The van der Waals surface area contributed by atoms with Crippen LogP contribution in [0.1, 0.15) is 49.2 Å². The molecule has 0 saturated carbocycles. The van der Waals surface area contributed by atoms with Crippen LogP contribution in [0.4, 0.5) is 15.1 Å². The van der Waals surface area contributed by atoms with E-state index in [4.69, 9.17) is 4.74 Å². The zero-order valence-electron chi connectivity index (χ0n) is 18.9. The third-order valence-corrected chi connectivity index (χ3v) is 6.20. The fourth-order valence-corrected chi connectivity index (χ4v) is 4.46. The fraction of sp³-hybridized carbons (Fsp3) is 0.240. The largest absolute Gasteiger partial charge is 0.462 e. The summed E-state index contributed by atoms with van der Waals surface area (Å²) in [6.07, 6.45) is -0.0103. The van der Waals surface area contributed by atoms with Gasteiger partial charge in [-0.2, -0.15) is 0 Å². The lowest BCUT2D eigenvalue weighted by Crippen LogP contribution is -2.16. The molecule has 0 aliphatic rings. The first-order valence-electron chi connectivity index (χ1n) is 10.4. The predicted octanol–water partition coefficient (Wildman–Crippen LogP) is 5.42. The maximum atomic E-state index is 13.1. The van der Waals surface area contributed by atoms with Crippen molar-refractivity contribution in [3.63, 3.8) is 0 Å². The topological polar surface area (TPSA) is 84.5 Å². The summed E-state index contributed by atoms with van der Waals surface area (Å²) in [5, 5.41) is 5.83. The van der Waals surface area contributed by atoms with Gasteiger partial charge in [0.2, 0.25) is 5.91 Å². The maximum Gasteiger partial charge on any atom is 0.341 e. The van der Waals surface area contributed by atoms with Gasteiger partial charge in [-0.05, 0) is 62.6 Å². The fourth-order valence-electron chi connectivity index (χ4n) is 3.36. The van der Waals surface area contributed by atoms with Crippen LogP contribution < -0.4 is 10.6 Å². The van der Waals surface area contributed by atoms with E-state index in [1.54, 1.807) is 13.8 Å². The number of benzene rings is 2. The summed E-state index contributed by atoms with van der Waals surface area (Å²) >= 11 is 1.01. The van der Waals surface area contributed by atoms with Gasteiger partial charge < -0.3 is 15.4 Å². The number of halogens is 1. The second-order valence-electron chi connectivity index (χ2n) is 7.60.